The van der Waals surface area contributed by atoms with Crippen LogP contribution in [0.4, 0.5) is 11.4 Å². The normalized spacial score (nSPS) is 15.3. The molecule has 0 bridgehead atoms. The van der Waals surface area contributed by atoms with E-state index in [1.807, 2.05) is 42.2 Å². The van der Waals surface area contributed by atoms with Crippen LogP contribution in [0.5, 0.6) is 0 Å². The molecule has 0 saturated carbocycles. The molecular weight excluding hydrogens is 386 g/mol. The fourth-order valence-electron chi connectivity index (χ4n) is 3.60. The van der Waals surface area contributed by atoms with Crippen molar-refractivity contribution in [2.45, 2.75) is 25.8 Å². The number of ether oxygens (including phenoxy) is 1. The van der Waals surface area contributed by atoms with E-state index in [1.54, 1.807) is 18.2 Å². The highest BCUT2D eigenvalue weighted by Gasteiger charge is 2.29. The number of benzene rings is 2. The lowest BCUT2D eigenvalue weighted by Gasteiger charge is -2.32. The first-order valence-corrected chi connectivity index (χ1v) is 9.95. The summed E-state index contributed by atoms with van der Waals surface area (Å²) in [6, 6.07) is 15.9. The summed E-state index contributed by atoms with van der Waals surface area (Å²) in [5, 5.41) is 14.0. The number of carbonyl (C=O) groups excluding carboxylic acids is 2. The first-order valence-electron chi connectivity index (χ1n) is 9.95. The van der Waals surface area contributed by atoms with Gasteiger partial charge in [0.2, 0.25) is 0 Å². The molecule has 1 N–H and O–H groups in total. The fourth-order valence-corrected chi connectivity index (χ4v) is 3.60. The molecule has 0 radical (unpaired) electrons. The van der Waals surface area contributed by atoms with Crippen LogP contribution >= 0.6 is 0 Å². The number of hydrogen-bond donors (Lipinski definition) is 1. The van der Waals surface area contributed by atoms with Gasteiger partial charge in [0.1, 0.15) is 5.69 Å². The predicted octanol–water partition coefficient (Wildman–Crippen LogP) is 3.23. The largest absolute Gasteiger partial charge is 0.455 e. The molecule has 2 aromatic carbocycles. The van der Waals surface area contributed by atoms with Gasteiger partial charge < -0.3 is 15.0 Å². The molecule has 1 fully saturated rings. The van der Waals surface area contributed by atoms with Crippen molar-refractivity contribution in [1.82, 2.24) is 5.32 Å². The Morgan fingerprint density at radius 2 is 1.77 bits per heavy atom. The molecule has 1 aliphatic heterocycles. The van der Waals surface area contributed by atoms with E-state index < -0.39 is 10.9 Å². The molecule has 0 aliphatic carbocycles. The Balaban J connectivity index is 1.45. The topological polar surface area (TPSA) is 102 Å². The number of piperidine rings is 1. The van der Waals surface area contributed by atoms with Gasteiger partial charge >= 0.3 is 5.97 Å². The van der Waals surface area contributed by atoms with Crippen molar-refractivity contribution in [2.24, 2.45) is 5.92 Å². The van der Waals surface area contributed by atoms with Gasteiger partial charge in [0, 0.05) is 19.2 Å². The number of rotatable bonds is 7. The van der Waals surface area contributed by atoms with Gasteiger partial charge in [-0.1, -0.05) is 42.5 Å². The molecule has 0 aromatic heterocycles. The minimum absolute atomic E-state index is 0.0581. The summed E-state index contributed by atoms with van der Waals surface area (Å²) in [6.45, 7) is 2.58. The van der Waals surface area contributed by atoms with Crippen molar-refractivity contribution in [3.63, 3.8) is 0 Å². The Morgan fingerprint density at radius 1 is 1.13 bits per heavy atom. The minimum atomic E-state index is -0.403. The standard InChI is InChI=1S/C22H25N3O5/c1-16(17-7-3-2-4-8-17)23-21(26)15-30-22(27)18-11-13-24(14-12-18)19-9-5-6-10-20(19)25(28)29/h2-10,16,18H,11-15H2,1H3,(H,23,26)/t16-/m1/s1. The van der Waals surface area contributed by atoms with Crippen LogP contribution in [-0.4, -0.2) is 36.5 Å². The van der Waals surface area contributed by atoms with Crippen LogP contribution < -0.4 is 10.2 Å². The van der Waals surface area contributed by atoms with Crippen molar-refractivity contribution in [3.05, 3.63) is 70.3 Å². The van der Waals surface area contributed by atoms with Crippen molar-refractivity contribution >= 4 is 23.3 Å². The third kappa shape index (κ3) is 5.34. The number of nitrogens with one attached hydrogen (secondary N) is 1. The van der Waals surface area contributed by atoms with Crippen LogP contribution in [0.1, 0.15) is 31.4 Å². The maximum atomic E-state index is 12.3. The Labute approximate surface area is 175 Å². The van der Waals surface area contributed by atoms with Gasteiger partial charge in [0.05, 0.1) is 16.9 Å². The van der Waals surface area contributed by atoms with Crippen LogP contribution in [0, 0.1) is 16.0 Å². The van der Waals surface area contributed by atoms with Crippen molar-refractivity contribution in [3.8, 4) is 0 Å². The van der Waals surface area contributed by atoms with E-state index in [0.29, 0.717) is 31.6 Å². The molecule has 8 heteroatoms. The molecule has 8 nitrogen and oxygen atoms in total. The van der Waals surface area contributed by atoms with Crippen molar-refractivity contribution < 1.29 is 19.2 Å². The van der Waals surface area contributed by atoms with Crippen molar-refractivity contribution in [2.75, 3.05) is 24.6 Å². The van der Waals surface area contributed by atoms with E-state index in [4.69, 9.17) is 4.74 Å². The summed E-state index contributed by atoms with van der Waals surface area (Å²) in [5.74, 6) is -1.07. The van der Waals surface area contributed by atoms with E-state index in [2.05, 4.69) is 5.32 Å². The van der Waals surface area contributed by atoms with Crippen LogP contribution in [0.2, 0.25) is 0 Å². The van der Waals surface area contributed by atoms with E-state index in [1.165, 1.54) is 6.07 Å². The third-order valence-corrected chi connectivity index (χ3v) is 5.27. The second kappa shape index (κ2) is 9.87. The molecular formula is C22H25N3O5. The maximum absolute atomic E-state index is 12.3. The number of esters is 1. The average molecular weight is 411 g/mol. The average Bonchev–Trinajstić information content (AvgIpc) is 2.78. The lowest BCUT2D eigenvalue weighted by Crippen LogP contribution is -2.38. The van der Waals surface area contributed by atoms with E-state index in [0.717, 1.165) is 5.56 Å². The number of nitro benzene ring substituents is 1. The quantitative estimate of drug-likeness (QED) is 0.426. The zero-order chi connectivity index (χ0) is 21.5. The SMILES string of the molecule is C[C@@H](NC(=O)COC(=O)C1CCN(c2ccccc2[N+](=O)[O-])CC1)c1ccccc1. The monoisotopic (exact) mass is 411 g/mol. The highest BCUT2D eigenvalue weighted by atomic mass is 16.6. The number of carbonyl (C=O) groups is 2. The molecule has 1 saturated heterocycles. The van der Waals surface area contributed by atoms with Gasteiger partial charge in [0.15, 0.2) is 6.61 Å². The summed E-state index contributed by atoms with van der Waals surface area (Å²) in [7, 11) is 0. The number of anilines is 1. The molecule has 1 heterocycles. The summed E-state index contributed by atoms with van der Waals surface area (Å²) in [6.07, 6.45) is 1.04. The maximum Gasteiger partial charge on any atom is 0.309 e. The Morgan fingerprint density at radius 3 is 2.43 bits per heavy atom. The highest BCUT2D eigenvalue weighted by molar-refractivity contribution is 5.81. The molecule has 1 amide bonds. The van der Waals surface area contributed by atoms with Gasteiger partial charge in [-0.05, 0) is 31.4 Å². The number of para-hydroxylation sites is 2. The van der Waals surface area contributed by atoms with Gasteiger partial charge in [-0.2, -0.15) is 0 Å². The Kier molecular flexibility index (Phi) is 7.00. The van der Waals surface area contributed by atoms with E-state index in [9.17, 15) is 19.7 Å². The third-order valence-electron chi connectivity index (χ3n) is 5.27. The first kappa shape index (κ1) is 21.3. The van der Waals surface area contributed by atoms with Crippen LogP contribution in [-0.2, 0) is 14.3 Å². The fraction of sp³-hybridized carbons (Fsp3) is 0.364. The van der Waals surface area contributed by atoms with Crippen LogP contribution in [0.3, 0.4) is 0 Å². The van der Waals surface area contributed by atoms with Gasteiger partial charge in [-0.3, -0.25) is 19.7 Å². The number of amides is 1. The molecule has 30 heavy (non-hydrogen) atoms. The summed E-state index contributed by atoms with van der Waals surface area (Å²) in [5.41, 5.74) is 1.59. The molecule has 0 unspecified atom stereocenters. The van der Waals surface area contributed by atoms with E-state index >= 15 is 0 Å². The molecule has 1 atom stereocenters. The van der Waals surface area contributed by atoms with Gasteiger partial charge in [0.25, 0.3) is 11.6 Å². The highest BCUT2D eigenvalue weighted by Crippen LogP contribution is 2.31. The lowest BCUT2D eigenvalue weighted by molar-refractivity contribution is -0.384. The number of nitrogens with zero attached hydrogens (tertiary/aromatic N) is 2. The van der Waals surface area contributed by atoms with Crippen LogP contribution in [0.25, 0.3) is 0 Å². The Bertz CT molecular complexity index is 895. The van der Waals surface area contributed by atoms with Crippen molar-refractivity contribution in [1.29, 1.82) is 0 Å². The predicted molar refractivity (Wildman–Crippen MR) is 112 cm³/mol. The molecule has 3 rings (SSSR count). The second-order valence-electron chi connectivity index (χ2n) is 7.31. The molecule has 158 valence electrons. The second-order valence-corrected chi connectivity index (χ2v) is 7.31. The van der Waals surface area contributed by atoms with Gasteiger partial charge in [-0.25, -0.2) is 0 Å². The lowest BCUT2D eigenvalue weighted by atomic mass is 9.96. The first-order chi connectivity index (χ1) is 14.5. The summed E-state index contributed by atoms with van der Waals surface area (Å²) in [4.78, 5) is 37.2. The molecule has 1 aliphatic rings. The zero-order valence-corrected chi connectivity index (χ0v) is 16.8. The molecule has 2 aromatic rings. The summed E-state index contributed by atoms with van der Waals surface area (Å²) < 4.78 is 5.21. The molecule has 0 spiro atoms. The van der Waals surface area contributed by atoms with Crippen LogP contribution in [0.15, 0.2) is 54.6 Å². The number of nitro groups is 1. The smallest absolute Gasteiger partial charge is 0.309 e. The summed E-state index contributed by atoms with van der Waals surface area (Å²) >= 11 is 0. The minimum Gasteiger partial charge on any atom is -0.455 e. The Hall–Kier alpha value is -3.42. The number of hydrogen-bond acceptors (Lipinski definition) is 6. The van der Waals surface area contributed by atoms with E-state index in [-0.39, 0.29) is 30.2 Å². The zero-order valence-electron chi connectivity index (χ0n) is 16.8. The van der Waals surface area contributed by atoms with Gasteiger partial charge in [-0.15, -0.1) is 0 Å².